The molecule has 0 spiro atoms. The molecule has 0 aromatic heterocycles. The lowest BCUT2D eigenvalue weighted by Crippen LogP contribution is -2.52. The fourth-order valence-corrected chi connectivity index (χ4v) is 7.07. The van der Waals surface area contributed by atoms with Gasteiger partial charge in [-0.2, -0.15) is 5.26 Å². The molecular weight excluding hydrogens is 635 g/mol. The van der Waals surface area contributed by atoms with Crippen LogP contribution in [0.3, 0.4) is 0 Å². The standard InChI is InChI=1S/C35H33Cl2F2N3O4/c1-34(2,3)18-27-35(19-40,24-15-12-21(36)17-26(24)38)29(23-7-6-8-25(37)30(23)39)31-32(44)41(28(42(27)31)9-4-5-16-43)22-13-10-20(11-14-22)33(45)46/h6-8,10-15,17,27-28,43H,4-5,9,16,18H2,1-3H3,(H,45,46)/t27-,28+,35-/m0/s1. The number of carboxylic acids is 1. The number of rotatable bonds is 9. The summed E-state index contributed by atoms with van der Waals surface area (Å²) in [5, 5.41) is 30.2. The first kappa shape index (κ1) is 33.4. The summed E-state index contributed by atoms with van der Waals surface area (Å²) in [7, 11) is 0. The minimum absolute atomic E-state index is 0.00714. The zero-order valence-corrected chi connectivity index (χ0v) is 27.0. The van der Waals surface area contributed by atoms with Gasteiger partial charge in [-0.15, -0.1) is 0 Å². The Kier molecular flexibility index (Phi) is 9.20. The predicted molar refractivity (Wildman–Crippen MR) is 172 cm³/mol. The molecule has 11 heteroatoms. The molecule has 1 saturated heterocycles. The predicted octanol–water partition coefficient (Wildman–Crippen LogP) is 7.80. The molecule has 1 fully saturated rings. The SMILES string of the molecule is CC(C)(C)C[C@@H]1N2C(=C(c3cccc(Cl)c3F)[C@@]1(C#N)c1ccc(Cl)cc1F)C(=O)N(c1ccc(C(=O)O)cc1)[C@H]2CCCCO. The van der Waals surface area contributed by atoms with Crippen molar-refractivity contribution >= 4 is 46.3 Å². The zero-order valence-electron chi connectivity index (χ0n) is 25.5. The van der Waals surface area contributed by atoms with E-state index in [1.807, 2.05) is 25.7 Å². The van der Waals surface area contributed by atoms with E-state index in [1.54, 1.807) is 0 Å². The third-order valence-corrected chi connectivity index (χ3v) is 9.11. The molecule has 46 heavy (non-hydrogen) atoms. The van der Waals surface area contributed by atoms with Gasteiger partial charge in [0.1, 0.15) is 28.9 Å². The lowest BCUT2D eigenvalue weighted by atomic mass is 9.65. The molecule has 0 unspecified atom stereocenters. The fraction of sp³-hybridized carbons (Fsp3) is 0.343. The summed E-state index contributed by atoms with van der Waals surface area (Å²) in [4.78, 5) is 29.7. The van der Waals surface area contributed by atoms with Crippen LogP contribution in [0.15, 0.2) is 66.4 Å². The van der Waals surface area contributed by atoms with E-state index in [2.05, 4.69) is 6.07 Å². The Labute approximate surface area is 276 Å². The zero-order chi connectivity index (χ0) is 33.6. The van der Waals surface area contributed by atoms with Crippen LogP contribution in [0.4, 0.5) is 14.5 Å². The number of fused-ring (bicyclic) bond motifs is 1. The molecule has 7 nitrogen and oxygen atoms in total. The van der Waals surface area contributed by atoms with Crippen LogP contribution in [0.2, 0.25) is 10.0 Å². The average molecular weight is 669 g/mol. The molecule has 1 amide bonds. The van der Waals surface area contributed by atoms with E-state index in [1.165, 1.54) is 59.5 Å². The number of amides is 1. The van der Waals surface area contributed by atoms with Gasteiger partial charge in [-0.1, -0.05) is 62.2 Å². The van der Waals surface area contributed by atoms with Crippen molar-refractivity contribution in [1.82, 2.24) is 4.90 Å². The number of anilines is 1. The van der Waals surface area contributed by atoms with Crippen molar-refractivity contribution in [2.75, 3.05) is 11.5 Å². The van der Waals surface area contributed by atoms with Crippen molar-refractivity contribution in [3.8, 4) is 6.07 Å². The second-order valence-corrected chi connectivity index (χ2v) is 13.6. The molecule has 2 aliphatic rings. The molecule has 3 atom stereocenters. The fourth-order valence-electron chi connectivity index (χ4n) is 6.74. The Balaban J connectivity index is 1.89. The monoisotopic (exact) mass is 667 g/mol. The second-order valence-electron chi connectivity index (χ2n) is 12.8. The minimum atomic E-state index is -1.88. The van der Waals surface area contributed by atoms with Gasteiger partial charge in [0, 0.05) is 34.0 Å². The van der Waals surface area contributed by atoms with Crippen molar-refractivity contribution in [3.63, 3.8) is 0 Å². The Morgan fingerprint density at radius 3 is 2.35 bits per heavy atom. The molecule has 0 bridgehead atoms. The first-order valence-electron chi connectivity index (χ1n) is 14.9. The number of benzene rings is 3. The Morgan fingerprint density at radius 2 is 1.76 bits per heavy atom. The highest BCUT2D eigenvalue weighted by Crippen LogP contribution is 2.58. The summed E-state index contributed by atoms with van der Waals surface area (Å²) < 4.78 is 32.2. The number of hydrogen-bond acceptors (Lipinski definition) is 5. The van der Waals surface area contributed by atoms with Crippen LogP contribution in [0, 0.1) is 28.4 Å². The number of aromatic carboxylic acids is 1. The average Bonchev–Trinajstić information content (AvgIpc) is 3.43. The molecule has 2 N–H and O–H groups in total. The van der Waals surface area contributed by atoms with Gasteiger partial charge in [-0.25, -0.2) is 13.6 Å². The van der Waals surface area contributed by atoms with Gasteiger partial charge >= 0.3 is 5.97 Å². The maximum atomic E-state index is 16.1. The number of aliphatic hydroxyl groups is 1. The van der Waals surface area contributed by atoms with Crippen molar-refractivity contribution in [1.29, 1.82) is 5.26 Å². The lowest BCUT2D eigenvalue weighted by Gasteiger charge is -2.43. The molecule has 2 aliphatic heterocycles. The number of carboxylic acid groups (broad SMARTS) is 1. The van der Waals surface area contributed by atoms with Crippen molar-refractivity contribution in [3.05, 3.63) is 105 Å². The van der Waals surface area contributed by atoms with Crippen molar-refractivity contribution in [2.24, 2.45) is 5.41 Å². The molecule has 0 saturated carbocycles. The van der Waals surface area contributed by atoms with Crippen molar-refractivity contribution < 1.29 is 28.6 Å². The molecule has 240 valence electrons. The van der Waals surface area contributed by atoms with E-state index in [4.69, 9.17) is 23.2 Å². The quantitative estimate of drug-likeness (QED) is 0.226. The highest BCUT2D eigenvalue weighted by atomic mass is 35.5. The highest BCUT2D eigenvalue weighted by molar-refractivity contribution is 6.31. The summed E-state index contributed by atoms with van der Waals surface area (Å²) >= 11 is 12.4. The van der Waals surface area contributed by atoms with Crippen LogP contribution in [0.25, 0.3) is 5.57 Å². The minimum Gasteiger partial charge on any atom is -0.478 e. The number of halogens is 4. The summed E-state index contributed by atoms with van der Waals surface area (Å²) in [5.41, 5.74) is -2.05. The van der Waals surface area contributed by atoms with Gasteiger partial charge in [0.05, 0.1) is 22.7 Å². The number of hydrogen-bond donors (Lipinski definition) is 2. The number of aliphatic hydroxyl groups excluding tert-OH is 1. The van der Waals surface area contributed by atoms with Gasteiger partial charge < -0.3 is 15.1 Å². The number of nitriles is 1. The molecule has 0 aliphatic carbocycles. The van der Waals surface area contributed by atoms with Crippen molar-refractivity contribution in [2.45, 2.75) is 64.1 Å². The Bertz CT molecular complexity index is 1770. The van der Waals surface area contributed by atoms with Gasteiger partial charge in [-0.05, 0) is 73.6 Å². The smallest absolute Gasteiger partial charge is 0.335 e. The van der Waals surface area contributed by atoms with E-state index in [-0.39, 0.29) is 51.0 Å². The first-order chi connectivity index (χ1) is 21.8. The van der Waals surface area contributed by atoms with Crippen LogP contribution in [-0.2, 0) is 10.2 Å². The number of carbonyl (C=O) groups excluding carboxylic acids is 1. The van der Waals surface area contributed by atoms with Crippen LogP contribution in [0.5, 0.6) is 0 Å². The van der Waals surface area contributed by atoms with Gasteiger partial charge in [0.25, 0.3) is 5.91 Å². The Morgan fingerprint density at radius 1 is 1.07 bits per heavy atom. The Hall–Kier alpha value is -3.97. The van der Waals surface area contributed by atoms with E-state index < -0.39 is 46.5 Å². The normalized spacial score (nSPS) is 21.2. The van der Waals surface area contributed by atoms with Crippen LogP contribution >= 0.6 is 23.2 Å². The maximum Gasteiger partial charge on any atom is 0.335 e. The maximum absolute atomic E-state index is 16.1. The third kappa shape index (κ3) is 5.63. The first-order valence-corrected chi connectivity index (χ1v) is 15.6. The summed E-state index contributed by atoms with van der Waals surface area (Å²) in [6, 6.07) is 15.6. The molecular formula is C35H33Cl2F2N3O4. The molecule has 2 heterocycles. The van der Waals surface area contributed by atoms with Gasteiger partial charge in [0.2, 0.25) is 0 Å². The molecule has 3 aromatic carbocycles. The molecule has 0 radical (unpaired) electrons. The third-order valence-electron chi connectivity index (χ3n) is 8.59. The summed E-state index contributed by atoms with van der Waals surface area (Å²) in [6.07, 6.45) is 0.804. The molecule has 3 aromatic rings. The molecule has 5 rings (SSSR count). The van der Waals surface area contributed by atoms with Crippen LogP contribution in [-0.4, -0.2) is 45.8 Å². The number of carbonyl (C=O) groups is 2. The summed E-state index contributed by atoms with van der Waals surface area (Å²) in [5.74, 6) is -3.32. The van der Waals surface area contributed by atoms with E-state index in [0.29, 0.717) is 24.9 Å². The topological polar surface area (TPSA) is 105 Å². The number of nitrogens with zero attached hydrogens (tertiary/aromatic N) is 3. The highest BCUT2D eigenvalue weighted by Gasteiger charge is 2.63. The van der Waals surface area contributed by atoms with Gasteiger partial charge in [0.15, 0.2) is 0 Å². The van der Waals surface area contributed by atoms with E-state index >= 15 is 8.78 Å². The second kappa shape index (κ2) is 12.7. The van der Waals surface area contributed by atoms with Crippen LogP contribution in [0.1, 0.15) is 67.9 Å². The summed E-state index contributed by atoms with van der Waals surface area (Å²) in [6.45, 7) is 5.81. The van der Waals surface area contributed by atoms with Crippen LogP contribution < -0.4 is 4.90 Å². The van der Waals surface area contributed by atoms with Gasteiger partial charge in [-0.3, -0.25) is 9.69 Å². The van der Waals surface area contributed by atoms with E-state index in [9.17, 15) is 25.1 Å². The lowest BCUT2D eigenvalue weighted by molar-refractivity contribution is -0.114. The van der Waals surface area contributed by atoms with E-state index in [0.717, 1.165) is 6.07 Å². The largest absolute Gasteiger partial charge is 0.478 e. The number of unbranched alkanes of at least 4 members (excludes halogenated alkanes) is 1.